The van der Waals surface area contributed by atoms with Crippen LogP contribution >= 0.6 is 77.9 Å². The highest BCUT2D eigenvalue weighted by molar-refractivity contribution is 9.11. The van der Waals surface area contributed by atoms with Crippen LogP contribution in [0.1, 0.15) is 219 Å². The van der Waals surface area contributed by atoms with Crippen molar-refractivity contribution in [3.8, 4) is 40.2 Å². The Kier molecular flexibility index (Phi) is 36.3. The van der Waals surface area contributed by atoms with E-state index in [4.69, 9.17) is 69.6 Å². The van der Waals surface area contributed by atoms with Gasteiger partial charge in [-0.3, -0.25) is 10.4 Å². The molecular weight excluding hydrogens is 1770 g/mol. The summed E-state index contributed by atoms with van der Waals surface area (Å²) in [7, 11) is 20.8. The summed E-state index contributed by atoms with van der Waals surface area (Å²) in [6.07, 6.45) is 0. The van der Waals surface area contributed by atoms with Gasteiger partial charge in [0.2, 0.25) is 17.6 Å². The van der Waals surface area contributed by atoms with Gasteiger partial charge in [-0.2, -0.15) is 25.5 Å². The maximum atomic E-state index is 8.28. The van der Waals surface area contributed by atoms with Crippen LogP contribution in [0.2, 0.25) is 0 Å². The number of hydrogen-bond donors (Lipinski definition) is 2. The molecule has 0 unspecified atom stereocenters. The van der Waals surface area contributed by atoms with Crippen LogP contribution in [0, 0.1) is 75.2 Å². The first kappa shape index (κ1) is 96.8. The maximum absolute atomic E-state index is 8.28. The molecule has 14 aromatic rings. The standard InChI is InChI=1S/2C19H25N5O.C14H13BrN4.C10H13BrN4.C9H13BNO3.C7H7BrN4.C4H10.Al.3ClH/c2*1-10(2)15-9-8-14(19(21-15)25-7)16-12(5)20-18-17(22-16)13(6)23-24(18)11(3)4;1-9-12-14(16-10(2)13(15)17-12)19(18-9)8-11-6-4-3-5-7-11;1-5(2)15-10-8(6(3)14-15)13-9(11)7(4)12-10;1-6(2)8-5-4-7(10-14-12)9(11-8)13-3;1-3-5-7(12-11-3)9-4(2)6(8)10-5;1-4(2)3;;;;/h2*8-11H,1-7H3;3-7H,8H2,1-2H3;5H,1-4H3;4-6,12H,1-3H3;1-2H3,(H,9,11,12);4H,1-3H3;;3*1H/q;;;;;;;+3;;;/p-3. The van der Waals surface area contributed by atoms with Crippen molar-refractivity contribution >= 4 is 158 Å². The number of rotatable bonds is 15. The van der Waals surface area contributed by atoms with Crippen molar-refractivity contribution in [3.05, 3.63) is 160 Å². The summed E-state index contributed by atoms with van der Waals surface area (Å²) in [6, 6.07) is 22.8. The topological polar surface area (TPSA) is 325 Å². The third-order valence-electron chi connectivity index (χ3n) is 17.4. The Hall–Kier alpha value is -8.35. The second-order valence-corrected chi connectivity index (χ2v) is 38.7. The van der Waals surface area contributed by atoms with Crippen molar-refractivity contribution < 1.29 is 24.3 Å². The Labute approximate surface area is 733 Å². The fourth-order valence-electron chi connectivity index (χ4n) is 11.4. The number of benzene rings is 1. The number of methoxy groups -OCH3 is 3. The zero-order valence-electron chi connectivity index (χ0n) is 72.4. The van der Waals surface area contributed by atoms with Gasteiger partial charge in [0.05, 0.1) is 107 Å². The second-order valence-electron chi connectivity index (χ2n) is 30.0. The first-order valence-electron chi connectivity index (χ1n) is 38.5. The number of nitrogens with zero attached hydrogens (tertiary/aromatic N) is 22. The van der Waals surface area contributed by atoms with Crippen molar-refractivity contribution in [3.63, 3.8) is 0 Å². The highest BCUT2D eigenvalue weighted by Gasteiger charge is 2.24. The molecule has 0 atom stereocenters. The maximum Gasteiger partial charge on any atom is 0.643 e. The lowest BCUT2D eigenvalue weighted by Crippen LogP contribution is -2.20. The number of halogens is 6. The molecule has 627 valence electrons. The molecule has 0 aliphatic rings. The molecule has 0 aliphatic heterocycles. The van der Waals surface area contributed by atoms with Crippen molar-refractivity contribution in [2.45, 2.75) is 216 Å². The lowest BCUT2D eigenvalue weighted by Gasteiger charge is -2.13. The predicted octanol–water partition coefficient (Wildman–Crippen LogP) is 20.5. The third-order valence-corrected chi connectivity index (χ3v) is 19.7. The monoisotopic (exact) mass is 1870 g/mol. The van der Waals surface area contributed by atoms with Gasteiger partial charge >= 0.3 is 18.9 Å². The normalized spacial score (nSPS) is 11.1. The minimum Gasteiger partial charge on any atom is -0.481 e. The fraction of sp³-hybridized carbons (Fsp3) is 0.439. The number of ether oxygens (including phenoxy) is 3. The van der Waals surface area contributed by atoms with Gasteiger partial charge in [-0.05, 0) is 218 Å². The Morgan fingerprint density at radius 3 is 1.13 bits per heavy atom. The molecule has 0 saturated carbocycles. The Balaban J connectivity index is 0.000000195. The number of aryl methyl sites for hydroxylation is 10. The minimum absolute atomic E-state index is 0.234. The van der Waals surface area contributed by atoms with Gasteiger partial charge in [-0.15, -0.1) is 0 Å². The molecule has 0 amide bonds. The number of aromatic nitrogens is 23. The Bertz CT molecular complexity index is 5540. The number of aromatic amines is 1. The summed E-state index contributed by atoms with van der Waals surface area (Å²) < 4.78 is 26.1. The molecule has 2 N–H and O–H groups in total. The van der Waals surface area contributed by atoms with Crippen molar-refractivity contribution in [2.24, 2.45) is 5.92 Å². The van der Waals surface area contributed by atoms with Gasteiger partial charge in [0.15, 0.2) is 28.2 Å². The highest BCUT2D eigenvalue weighted by atomic mass is 79.9. The highest BCUT2D eigenvalue weighted by Crippen LogP contribution is 2.35. The molecule has 0 fully saturated rings. The zero-order valence-corrected chi connectivity index (χ0v) is 80.6. The van der Waals surface area contributed by atoms with E-state index in [0.29, 0.717) is 59.1 Å². The molecule has 0 spiro atoms. The van der Waals surface area contributed by atoms with Crippen LogP contribution in [-0.2, 0) is 11.3 Å². The fourth-order valence-corrected chi connectivity index (χ4v) is 12.2. The molecule has 13 aromatic heterocycles. The Morgan fingerprint density at radius 2 is 0.746 bits per heavy atom. The van der Waals surface area contributed by atoms with Gasteiger partial charge < -0.3 is 19.0 Å². The first-order chi connectivity index (χ1) is 55.6. The van der Waals surface area contributed by atoms with Crippen LogP contribution in [0.15, 0.2) is 80.5 Å². The third kappa shape index (κ3) is 25.1. The molecule has 13 heterocycles. The predicted molar refractivity (Wildman–Crippen MR) is 486 cm³/mol. The van der Waals surface area contributed by atoms with E-state index < -0.39 is 11.4 Å². The van der Waals surface area contributed by atoms with E-state index >= 15 is 0 Å². The quantitative estimate of drug-likeness (QED) is 0.0547. The average Bonchev–Trinajstić information content (AvgIpc) is 1.55. The van der Waals surface area contributed by atoms with Gasteiger partial charge in [-0.1, -0.05) is 98.7 Å². The summed E-state index contributed by atoms with van der Waals surface area (Å²) >= 11 is 8.40. The number of fused-ring (bicyclic) bond motifs is 5. The van der Waals surface area contributed by atoms with E-state index in [0.717, 1.165) is 166 Å². The van der Waals surface area contributed by atoms with E-state index in [2.05, 4.69) is 230 Å². The van der Waals surface area contributed by atoms with Crippen molar-refractivity contribution in [1.82, 2.24) is 114 Å². The van der Waals surface area contributed by atoms with E-state index in [-0.39, 0.29) is 12.1 Å². The van der Waals surface area contributed by atoms with Crippen LogP contribution < -0.4 is 19.7 Å². The largest absolute Gasteiger partial charge is 0.643 e. The zero-order chi connectivity index (χ0) is 87.6. The van der Waals surface area contributed by atoms with Gasteiger partial charge in [-0.25, -0.2) is 114 Å². The molecule has 0 bridgehead atoms. The lowest BCUT2D eigenvalue weighted by atomic mass is 9.89. The molecular formula is C82H106AlBBr3Cl3N23O5. The van der Waals surface area contributed by atoms with E-state index in [1.165, 1.54) is 20.2 Å². The number of H-pyrrole nitrogens is 1. The molecule has 36 heteroatoms. The minimum atomic E-state index is -1.72. The van der Waals surface area contributed by atoms with Crippen molar-refractivity contribution in [1.29, 1.82) is 0 Å². The van der Waals surface area contributed by atoms with Gasteiger partial charge in [0.1, 0.15) is 41.4 Å². The lowest BCUT2D eigenvalue weighted by molar-refractivity contribution is -0.135. The van der Waals surface area contributed by atoms with Gasteiger partial charge in [0.25, 0.3) is 0 Å². The van der Waals surface area contributed by atoms with Crippen molar-refractivity contribution in [2.75, 3.05) is 21.3 Å². The molecule has 118 heavy (non-hydrogen) atoms. The molecule has 0 saturated heterocycles. The number of pyridine rings is 3. The molecule has 14 rings (SSSR count). The summed E-state index contributed by atoms with van der Waals surface area (Å²) in [6.45, 7) is 51.8. The van der Waals surface area contributed by atoms with Crippen LogP contribution in [0.5, 0.6) is 17.6 Å². The molecule has 1 radical (unpaired) electrons. The smallest absolute Gasteiger partial charge is 0.481 e. The van der Waals surface area contributed by atoms with Gasteiger partial charge in [0, 0.05) is 40.7 Å². The van der Waals surface area contributed by atoms with Crippen LogP contribution in [0.25, 0.3) is 78.3 Å². The van der Waals surface area contributed by atoms with E-state index in [1.54, 1.807) is 20.3 Å². The number of hydrogen-bond acceptors (Lipinski definition) is 23. The average molecular weight is 1880 g/mol. The number of nitrogens with one attached hydrogen (secondary N) is 1. The second kappa shape index (κ2) is 44.3. The molecule has 1 aromatic carbocycles. The van der Waals surface area contributed by atoms with Crippen LogP contribution in [0.4, 0.5) is 0 Å². The summed E-state index contributed by atoms with van der Waals surface area (Å²) in [5.41, 5.74) is 25.1. The summed E-state index contributed by atoms with van der Waals surface area (Å²) in [5.74, 6) is 3.46. The SMILES string of the molecule is CC(C)C.COc1nc(C(C)C)ccc1-c1nc2c(C)nn(C(C)C)c2nc1C.COc1nc(C(C)C)ccc1-c1nc2c(C)nn(C(C)C)c2nc1C.COc1nc(C(C)C)ccc1[B]OO.Cc1nc2c(nc1Br)c(C)nn2C(C)C.Cc1nc2c(nc1Br)c(C)nn2Cc1ccccc1.Cc1nc2n[nH]c(C)c2nc1Br.[Cl][Al]([Cl])[Cl]. The molecule has 28 nitrogen and oxygen atoms in total. The van der Waals surface area contributed by atoms with E-state index in [9.17, 15) is 0 Å². The molecule has 0 aliphatic carbocycles. The van der Waals surface area contributed by atoms with Crippen LogP contribution in [0.3, 0.4) is 0 Å². The van der Waals surface area contributed by atoms with Crippen LogP contribution in [-0.4, -0.2) is 160 Å². The Morgan fingerprint density at radius 1 is 0.407 bits per heavy atom. The first-order valence-corrected chi connectivity index (χ1v) is 46.1. The van der Waals surface area contributed by atoms with E-state index in [1.807, 2.05) is 150 Å². The summed E-state index contributed by atoms with van der Waals surface area (Å²) in [5, 5.41) is 33.3. The summed E-state index contributed by atoms with van der Waals surface area (Å²) in [4.78, 5) is 63.3.